The number of aromatic nitrogens is 2. The van der Waals surface area contributed by atoms with E-state index in [0.29, 0.717) is 37.9 Å². The Kier molecular flexibility index (Phi) is 4.39. The van der Waals surface area contributed by atoms with Crippen molar-refractivity contribution in [3.05, 3.63) is 58.7 Å². The summed E-state index contributed by atoms with van der Waals surface area (Å²) in [7, 11) is 1.77. The topological polar surface area (TPSA) is 84.7 Å². The first-order valence-corrected chi connectivity index (χ1v) is 11.5. The lowest BCUT2D eigenvalue weighted by atomic mass is 9.76. The molecule has 2 saturated heterocycles. The van der Waals surface area contributed by atoms with Gasteiger partial charge >= 0.3 is 0 Å². The number of fused-ring (bicyclic) bond motifs is 2. The standard InChI is InChI=1S/C25H26N4O4/c1-3-19-26-22(30)16-6-4-5-7-17(16)29(19)15-9-12-28(13-10-15)23(31)20-18-8-11-25(33-18)14-27(2)24(32)21(20)25/h4-9,11,18,20-21H,3,10,12-14H2,1-2H3. The molecule has 2 bridgehead atoms. The molecule has 4 aliphatic heterocycles. The van der Waals surface area contributed by atoms with Crippen LogP contribution in [0, 0.1) is 11.8 Å². The number of aryl methyl sites for hydroxylation is 1. The van der Waals surface area contributed by atoms with Crippen molar-refractivity contribution < 1.29 is 14.3 Å². The number of likely N-dealkylation sites (tertiary alicyclic amines) is 1. The van der Waals surface area contributed by atoms with E-state index in [0.717, 1.165) is 17.0 Å². The van der Waals surface area contributed by atoms with Crippen LogP contribution in [-0.4, -0.2) is 69.6 Å². The van der Waals surface area contributed by atoms with Gasteiger partial charge in [0.05, 0.1) is 35.4 Å². The molecule has 0 N–H and O–H groups in total. The smallest absolute Gasteiger partial charge is 0.280 e. The van der Waals surface area contributed by atoms with Gasteiger partial charge in [-0.2, -0.15) is 4.98 Å². The summed E-state index contributed by atoms with van der Waals surface area (Å²) in [5.41, 5.74) is 1.02. The highest BCUT2D eigenvalue weighted by molar-refractivity contribution is 5.93. The Morgan fingerprint density at radius 3 is 2.85 bits per heavy atom. The van der Waals surface area contributed by atoms with Crippen molar-refractivity contribution in [2.45, 2.75) is 31.5 Å². The van der Waals surface area contributed by atoms with Crippen LogP contribution in [0.15, 0.2) is 47.3 Å². The maximum Gasteiger partial charge on any atom is 0.280 e. The van der Waals surface area contributed by atoms with E-state index in [1.165, 1.54) is 0 Å². The minimum absolute atomic E-state index is 0.00756. The Morgan fingerprint density at radius 1 is 1.27 bits per heavy atom. The molecule has 0 radical (unpaired) electrons. The lowest BCUT2D eigenvalue weighted by Crippen LogP contribution is -2.47. The molecule has 4 aliphatic rings. The van der Waals surface area contributed by atoms with E-state index >= 15 is 0 Å². The molecule has 1 spiro atoms. The highest BCUT2D eigenvalue weighted by Crippen LogP contribution is 2.52. The third-order valence-electron chi connectivity index (χ3n) is 7.54. The number of para-hydroxylation sites is 1. The molecule has 2 fully saturated rings. The number of rotatable bonds is 3. The Bertz CT molecular complexity index is 1310. The van der Waals surface area contributed by atoms with Gasteiger partial charge in [-0.3, -0.25) is 14.4 Å². The summed E-state index contributed by atoms with van der Waals surface area (Å²) in [6.45, 7) is 3.49. The van der Waals surface area contributed by atoms with Crippen molar-refractivity contribution >= 4 is 28.4 Å². The fourth-order valence-corrected chi connectivity index (χ4v) is 6.02. The van der Waals surface area contributed by atoms with Gasteiger partial charge in [0.1, 0.15) is 11.4 Å². The first-order chi connectivity index (χ1) is 15.9. The number of benzene rings is 1. The molecule has 4 atom stereocenters. The largest absolute Gasteiger partial charge is 0.360 e. The average Bonchev–Trinajstić information content (AvgIpc) is 3.46. The molecule has 8 nitrogen and oxygen atoms in total. The monoisotopic (exact) mass is 446 g/mol. The Labute approximate surface area is 191 Å². The van der Waals surface area contributed by atoms with Crippen molar-refractivity contribution in [2.24, 2.45) is 11.8 Å². The number of carbonyl (C=O) groups is 2. The molecule has 170 valence electrons. The molecular formula is C25H26N4O4. The predicted molar refractivity (Wildman–Crippen MR) is 122 cm³/mol. The van der Waals surface area contributed by atoms with Crippen LogP contribution < -0.4 is 5.56 Å². The Hall–Kier alpha value is -3.26. The number of likely N-dealkylation sites (N-methyl/N-ethyl adjacent to an activating group) is 1. The summed E-state index contributed by atoms with van der Waals surface area (Å²) in [6.07, 6.45) is 6.91. The third kappa shape index (κ3) is 2.80. The summed E-state index contributed by atoms with van der Waals surface area (Å²) in [6, 6.07) is 7.51. The summed E-state index contributed by atoms with van der Waals surface area (Å²) in [5.74, 6) is -0.212. The van der Waals surface area contributed by atoms with Crippen LogP contribution in [-0.2, 0) is 20.7 Å². The van der Waals surface area contributed by atoms with E-state index in [2.05, 4.69) is 9.55 Å². The number of ether oxygens (including phenoxy) is 1. The van der Waals surface area contributed by atoms with E-state index in [4.69, 9.17) is 4.74 Å². The zero-order valence-electron chi connectivity index (χ0n) is 18.7. The normalized spacial score (nSPS) is 30.3. The average molecular weight is 447 g/mol. The van der Waals surface area contributed by atoms with E-state index < -0.39 is 17.4 Å². The second-order valence-electron chi connectivity index (χ2n) is 9.36. The van der Waals surface area contributed by atoms with Gasteiger partial charge in [0, 0.05) is 38.7 Å². The molecule has 2 amide bonds. The van der Waals surface area contributed by atoms with E-state index in [1.807, 2.05) is 48.3 Å². The fraction of sp³-hybridized carbons (Fsp3) is 0.440. The maximum atomic E-state index is 13.6. The quantitative estimate of drug-likeness (QED) is 0.667. The predicted octanol–water partition coefficient (Wildman–Crippen LogP) is 1.44. The molecule has 1 aromatic carbocycles. The van der Waals surface area contributed by atoms with Crippen molar-refractivity contribution in [3.63, 3.8) is 0 Å². The van der Waals surface area contributed by atoms with E-state index in [9.17, 15) is 14.4 Å². The van der Waals surface area contributed by atoms with Crippen LogP contribution in [0.2, 0.25) is 0 Å². The van der Waals surface area contributed by atoms with Crippen LogP contribution >= 0.6 is 0 Å². The van der Waals surface area contributed by atoms with E-state index in [-0.39, 0.29) is 23.5 Å². The van der Waals surface area contributed by atoms with Gasteiger partial charge < -0.3 is 19.1 Å². The second-order valence-corrected chi connectivity index (χ2v) is 9.36. The number of hydrogen-bond donors (Lipinski definition) is 0. The van der Waals surface area contributed by atoms with Gasteiger partial charge in [-0.1, -0.05) is 31.2 Å². The minimum Gasteiger partial charge on any atom is -0.360 e. The molecule has 33 heavy (non-hydrogen) atoms. The van der Waals surface area contributed by atoms with Crippen molar-refractivity contribution in [3.8, 4) is 0 Å². The van der Waals surface area contributed by atoms with Gasteiger partial charge in [0.15, 0.2) is 0 Å². The van der Waals surface area contributed by atoms with Gasteiger partial charge in [-0.05, 0) is 18.2 Å². The SMILES string of the molecule is CCc1nc(=O)c2ccccc2n1C1=CCN(C(=O)C2C3C=CC4(CN(C)C(=O)C24)O3)CC1. The van der Waals surface area contributed by atoms with Crippen LogP contribution in [0.3, 0.4) is 0 Å². The summed E-state index contributed by atoms with van der Waals surface area (Å²) in [5, 5.41) is 0.592. The van der Waals surface area contributed by atoms with Crippen molar-refractivity contribution in [1.82, 2.24) is 19.4 Å². The lowest BCUT2D eigenvalue weighted by Gasteiger charge is -2.33. The summed E-state index contributed by atoms with van der Waals surface area (Å²) in [4.78, 5) is 46.6. The molecule has 0 saturated carbocycles. The van der Waals surface area contributed by atoms with Crippen LogP contribution in [0.25, 0.3) is 16.6 Å². The second kappa shape index (κ2) is 7.12. The van der Waals surface area contributed by atoms with Crippen LogP contribution in [0.4, 0.5) is 0 Å². The highest BCUT2D eigenvalue weighted by Gasteiger charge is 2.66. The van der Waals surface area contributed by atoms with Gasteiger partial charge in [-0.15, -0.1) is 0 Å². The molecule has 0 aliphatic carbocycles. The molecule has 8 heteroatoms. The molecule has 5 heterocycles. The molecular weight excluding hydrogens is 420 g/mol. The minimum atomic E-state index is -0.649. The molecule has 1 aromatic heterocycles. The zero-order chi connectivity index (χ0) is 22.9. The third-order valence-corrected chi connectivity index (χ3v) is 7.54. The van der Waals surface area contributed by atoms with Crippen molar-refractivity contribution in [1.29, 1.82) is 0 Å². The Balaban J connectivity index is 1.30. The number of hydrogen-bond acceptors (Lipinski definition) is 5. The fourth-order valence-electron chi connectivity index (χ4n) is 6.02. The highest BCUT2D eigenvalue weighted by atomic mass is 16.5. The summed E-state index contributed by atoms with van der Waals surface area (Å²) >= 11 is 0. The first-order valence-electron chi connectivity index (χ1n) is 11.5. The van der Waals surface area contributed by atoms with Gasteiger partial charge in [0.2, 0.25) is 11.8 Å². The molecule has 2 aromatic rings. The van der Waals surface area contributed by atoms with Crippen LogP contribution in [0.5, 0.6) is 0 Å². The van der Waals surface area contributed by atoms with E-state index in [1.54, 1.807) is 18.0 Å². The molecule has 6 rings (SSSR count). The first kappa shape index (κ1) is 20.4. The number of amides is 2. The zero-order valence-corrected chi connectivity index (χ0v) is 18.7. The van der Waals surface area contributed by atoms with Gasteiger partial charge in [0.25, 0.3) is 5.56 Å². The maximum absolute atomic E-state index is 13.6. The molecule has 4 unspecified atom stereocenters. The Morgan fingerprint density at radius 2 is 2.09 bits per heavy atom. The van der Waals surface area contributed by atoms with Crippen LogP contribution in [0.1, 0.15) is 19.2 Å². The number of carbonyl (C=O) groups excluding carboxylic acids is 2. The summed E-state index contributed by atoms with van der Waals surface area (Å²) < 4.78 is 8.21. The van der Waals surface area contributed by atoms with Gasteiger partial charge in [-0.25, -0.2) is 0 Å². The van der Waals surface area contributed by atoms with Crippen molar-refractivity contribution in [2.75, 3.05) is 26.7 Å². The lowest BCUT2D eigenvalue weighted by molar-refractivity contribution is -0.142. The number of nitrogens with zero attached hydrogens (tertiary/aromatic N) is 4.